The van der Waals surface area contributed by atoms with Gasteiger partial charge in [0.2, 0.25) is 0 Å². The molecule has 3 nitrogen and oxygen atoms in total. The van der Waals surface area contributed by atoms with Crippen molar-refractivity contribution in [3.63, 3.8) is 0 Å². The Kier molecular flexibility index (Phi) is 4.90. The van der Waals surface area contributed by atoms with Gasteiger partial charge < -0.3 is 0 Å². The SMILES string of the molecule is CC(C)Cn1nc2c(-c3ccc(Cl)cc3)ccc(-c3ccc(Cl)cc3)c2n1. The Labute approximate surface area is 168 Å². The van der Waals surface area contributed by atoms with Crippen LogP contribution in [0, 0.1) is 5.92 Å². The summed E-state index contributed by atoms with van der Waals surface area (Å²) < 4.78 is 0. The maximum Gasteiger partial charge on any atom is 0.121 e. The maximum atomic E-state index is 6.05. The van der Waals surface area contributed by atoms with E-state index in [1.807, 2.05) is 48.5 Å². The first kappa shape index (κ1) is 18.0. The van der Waals surface area contributed by atoms with Crippen LogP contribution in [0.2, 0.25) is 10.0 Å². The Hall–Kier alpha value is -2.36. The first-order chi connectivity index (χ1) is 13.0. The molecule has 0 spiro atoms. The van der Waals surface area contributed by atoms with Gasteiger partial charge in [-0.2, -0.15) is 15.0 Å². The molecule has 4 aromatic rings. The van der Waals surface area contributed by atoms with E-state index >= 15 is 0 Å². The van der Waals surface area contributed by atoms with Crippen molar-refractivity contribution in [3.05, 3.63) is 70.7 Å². The standard InChI is InChI=1S/C22H19Cl2N3/c1-14(2)13-27-25-21-19(15-3-7-17(23)8-4-15)11-12-20(22(21)26-27)16-5-9-18(24)10-6-16/h3-12,14H,13H2,1-2H3. The number of nitrogens with zero attached hydrogens (tertiary/aromatic N) is 3. The lowest BCUT2D eigenvalue weighted by atomic mass is 9.98. The summed E-state index contributed by atoms with van der Waals surface area (Å²) in [6.45, 7) is 5.09. The van der Waals surface area contributed by atoms with Crippen LogP contribution < -0.4 is 0 Å². The van der Waals surface area contributed by atoms with Crippen molar-refractivity contribution in [3.8, 4) is 22.3 Å². The number of aromatic nitrogens is 3. The van der Waals surface area contributed by atoms with Crippen LogP contribution in [-0.2, 0) is 6.54 Å². The largest absolute Gasteiger partial charge is 0.183 e. The fourth-order valence-corrected chi connectivity index (χ4v) is 3.42. The van der Waals surface area contributed by atoms with E-state index in [0.717, 1.165) is 49.9 Å². The molecule has 1 aromatic heterocycles. The molecule has 1 heterocycles. The van der Waals surface area contributed by atoms with E-state index in [9.17, 15) is 0 Å². The van der Waals surface area contributed by atoms with Gasteiger partial charge in [-0.15, -0.1) is 0 Å². The average Bonchev–Trinajstić information content (AvgIpc) is 3.05. The highest BCUT2D eigenvalue weighted by Gasteiger charge is 2.15. The van der Waals surface area contributed by atoms with E-state index in [4.69, 9.17) is 33.4 Å². The number of halogens is 2. The molecule has 0 atom stereocenters. The van der Waals surface area contributed by atoms with Gasteiger partial charge in [0.05, 0.1) is 6.54 Å². The zero-order chi connectivity index (χ0) is 19.0. The van der Waals surface area contributed by atoms with Crippen molar-refractivity contribution >= 4 is 34.2 Å². The predicted octanol–water partition coefficient (Wildman–Crippen LogP) is 6.73. The molecule has 136 valence electrons. The van der Waals surface area contributed by atoms with Crippen LogP contribution in [0.3, 0.4) is 0 Å². The van der Waals surface area contributed by atoms with Crippen LogP contribution in [0.1, 0.15) is 13.8 Å². The van der Waals surface area contributed by atoms with Crippen LogP contribution in [0.4, 0.5) is 0 Å². The van der Waals surface area contributed by atoms with Gasteiger partial charge in [0.1, 0.15) is 11.0 Å². The molecule has 0 saturated carbocycles. The molecule has 0 aliphatic carbocycles. The first-order valence-corrected chi connectivity index (χ1v) is 9.66. The third-order valence-electron chi connectivity index (χ3n) is 4.42. The van der Waals surface area contributed by atoms with E-state index in [-0.39, 0.29) is 0 Å². The molecular formula is C22H19Cl2N3. The van der Waals surface area contributed by atoms with Crippen LogP contribution in [0.15, 0.2) is 60.7 Å². The fourth-order valence-electron chi connectivity index (χ4n) is 3.17. The van der Waals surface area contributed by atoms with E-state index in [2.05, 4.69) is 26.0 Å². The Bertz CT molecular complexity index is 999. The molecule has 0 radical (unpaired) electrons. The molecule has 0 aliphatic heterocycles. The predicted molar refractivity (Wildman–Crippen MR) is 113 cm³/mol. The highest BCUT2D eigenvalue weighted by atomic mass is 35.5. The highest BCUT2D eigenvalue weighted by molar-refractivity contribution is 6.31. The van der Waals surface area contributed by atoms with Gasteiger partial charge in [-0.05, 0) is 41.3 Å². The Morgan fingerprint density at radius 1 is 0.704 bits per heavy atom. The summed E-state index contributed by atoms with van der Waals surface area (Å²) in [4.78, 5) is 1.80. The second-order valence-corrected chi connectivity index (χ2v) is 7.89. The highest BCUT2D eigenvalue weighted by Crippen LogP contribution is 2.34. The topological polar surface area (TPSA) is 30.7 Å². The number of rotatable bonds is 4. The minimum absolute atomic E-state index is 0.463. The molecule has 0 unspecified atom stereocenters. The van der Waals surface area contributed by atoms with Crippen LogP contribution in [0.5, 0.6) is 0 Å². The number of fused-ring (bicyclic) bond motifs is 1. The summed E-state index contributed by atoms with van der Waals surface area (Å²) in [7, 11) is 0. The Balaban J connectivity index is 1.93. The summed E-state index contributed by atoms with van der Waals surface area (Å²) in [6.07, 6.45) is 0. The second kappa shape index (κ2) is 7.34. The zero-order valence-electron chi connectivity index (χ0n) is 15.2. The fraction of sp³-hybridized carbons (Fsp3) is 0.182. The number of benzene rings is 3. The van der Waals surface area contributed by atoms with Crippen molar-refractivity contribution in [2.24, 2.45) is 5.92 Å². The minimum atomic E-state index is 0.463. The first-order valence-electron chi connectivity index (χ1n) is 8.91. The summed E-state index contributed by atoms with van der Waals surface area (Å²) >= 11 is 12.1. The van der Waals surface area contributed by atoms with Crippen LogP contribution in [0.25, 0.3) is 33.3 Å². The van der Waals surface area contributed by atoms with Crippen LogP contribution in [-0.4, -0.2) is 15.0 Å². The second-order valence-electron chi connectivity index (χ2n) is 7.02. The van der Waals surface area contributed by atoms with Gasteiger partial charge in [-0.3, -0.25) is 0 Å². The molecule has 0 amide bonds. The van der Waals surface area contributed by atoms with Gasteiger partial charge in [0.15, 0.2) is 0 Å². The van der Waals surface area contributed by atoms with Gasteiger partial charge in [0, 0.05) is 21.2 Å². The third kappa shape index (κ3) is 3.71. The lowest BCUT2D eigenvalue weighted by Gasteiger charge is -2.07. The molecule has 4 rings (SSSR count). The summed E-state index contributed by atoms with van der Waals surface area (Å²) in [5.74, 6) is 0.463. The molecule has 0 saturated heterocycles. The van der Waals surface area contributed by atoms with Crippen molar-refractivity contribution in [2.45, 2.75) is 20.4 Å². The summed E-state index contributed by atoms with van der Waals surface area (Å²) in [5.41, 5.74) is 6.03. The molecular weight excluding hydrogens is 377 g/mol. The smallest absolute Gasteiger partial charge is 0.121 e. The number of hydrogen-bond acceptors (Lipinski definition) is 2. The van der Waals surface area contributed by atoms with Gasteiger partial charge in [-0.25, -0.2) is 0 Å². The van der Waals surface area contributed by atoms with Gasteiger partial charge in [0.25, 0.3) is 0 Å². The lowest BCUT2D eigenvalue weighted by Crippen LogP contribution is -2.07. The normalized spacial score (nSPS) is 11.4. The molecule has 3 aromatic carbocycles. The zero-order valence-corrected chi connectivity index (χ0v) is 16.7. The van der Waals surface area contributed by atoms with E-state index < -0.39 is 0 Å². The monoisotopic (exact) mass is 395 g/mol. The van der Waals surface area contributed by atoms with Crippen LogP contribution >= 0.6 is 23.2 Å². The Morgan fingerprint density at radius 3 is 1.48 bits per heavy atom. The third-order valence-corrected chi connectivity index (χ3v) is 4.92. The van der Waals surface area contributed by atoms with Crippen molar-refractivity contribution < 1.29 is 0 Å². The molecule has 0 aliphatic rings. The summed E-state index contributed by atoms with van der Waals surface area (Å²) in [6, 6.07) is 19.8. The van der Waals surface area contributed by atoms with E-state index in [1.165, 1.54) is 0 Å². The Morgan fingerprint density at radius 2 is 1.11 bits per heavy atom. The van der Waals surface area contributed by atoms with Crippen molar-refractivity contribution in [1.82, 2.24) is 15.0 Å². The van der Waals surface area contributed by atoms with Gasteiger partial charge >= 0.3 is 0 Å². The summed E-state index contributed by atoms with van der Waals surface area (Å²) in [5, 5.41) is 11.0. The molecule has 0 bridgehead atoms. The maximum absolute atomic E-state index is 6.05. The minimum Gasteiger partial charge on any atom is -0.183 e. The van der Waals surface area contributed by atoms with Crippen molar-refractivity contribution in [2.75, 3.05) is 0 Å². The van der Waals surface area contributed by atoms with E-state index in [0.29, 0.717) is 5.92 Å². The average molecular weight is 396 g/mol. The molecule has 5 heteroatoms. The lowest BCUT2D eigenvalue weighted by molar-refractivity contribution is 0.442. The number of hydrogen-bond donors (Lipinski definition) is 0. The van der Waals surface area contributed by atoms with E-state index in [1.54, 1.807) is 4.80 Å². The van der Waals surface area contributed by atoms with Crippen molar-refractivity contribution in [1.29, 1.82) is 0 Å². The molecule has 27 heavy (non-hydrogen) atoms. The molecule has 0 fully saturated rings. The quantitative estimate of drug-likeness (QED) is 0.383. The molecule has 0 N–H and O–H groups in total. The van der Waals surface area contributed by atoms with Gasteiger partial charge in [-0.1, -0.05) is 73.4 Å².